The highest BCUT2D eigenvalue weighted by Gasteiger charge is 2.35. The van der Waals surface area contributed by atoms with Crippen LogP contribution in [0, 0.1) is 5.82 Å². The highest BCUT2D eigenvalue weighted by molar-refractivity contribution is 5.60. The highest BCUT2D eigenvalue weighted by Crippen LogP contribution is 2.29. The number of aromatic nitrogens is 2. The molecule has 2 unspecified atom stereocenters. The summed E-state index contributed by atoms with van der Waals surface area (Å²) < 4.78 is 13.8. The van der Waals surface area contributed by atoms with Crippen LogP contribution in [0.2, 0.25) is 0 Å². The minimum atomic E-state index is -0.260. The van der Waals surface area contributed by atoms with Crippen molar-refractivity contribution in [2.75, 3.05) is 25.0 Å². The maximum Gasteiger partial charge on any atom is 0.151 e. The third-order valence-corrected chi connectivity index (χ3v) is 5.21. The van der Waals surface area contributed by atoms with Crippen LogP contribution in [0.25, 0.3) is 11.3 Å². The number of anilines is 1. The fraction of sp³-hybridized carbons (Fsp3) is 0.444. The lowest BCUT2D eigenvalue weighted by Crippen LogP contribution is -2.59. The smallest absolute Gasteiger partial charge is 0.151 e. The van der Waals surface area contributed by atoms with E-state index in [-0.39, 0.29) is 5.82 Å². The Morgan fingerprint density at radius 2 is 1.74 bits per heavy atom. The topological polar surface area (TPSA) is 32.3 Å². The summed E-state index contributed by atoms with van der Waals surface area (Å²) in [7, 11) is 2.23. The molecule has 0 spiro atoms. The van der Waals surface area contributed by atoms with Gasteiger partial charge in [0.1, 0.15) is 5.82 Å². The van der Waals surface area contributed by atoms with Gasteiger partial charge in [-0.3, -0.25) is 4.90 Å². The van der Waals surface area contributed by atoms with Crippen LogP contribution >= 0.6 is 0 Å². The second-order valence-electron chi connectivity index (χ2n) is 6.57. The Morgan fingerprint density at radius 1 is 1.00 bits per heavy atom. The fourth-order valence-corrected chi connectivity index (χ4v) is 3.81. The minimum absolute atomic E-state index is 0.260. The summed E-state index contributed by atoms with van der Waals surface area (Å²) in [6.45, 7) is 2.00. The number of benzene rings is 1. The summed E-state index contributed by atoms with van der Waals surface area (Å²) in [6.07, 6.45) is 3.83. The van der Waals surface area contributed by atoms with Gasteiger partial charge in [-0.15, -0.1) is 10.2 Å². The molecule has 2 saturated heterocycles. The van der Waals surface area contributed by atoms with Crippen molar-refractivity contribution in [1.29, 1.82) is 0 Å². The first kappa shape index (κ1) is 14.6. The molecule has 0 aliphatic carbocycles. The predicted molar refractivity (Wildman–Crippen MR) is 88.8 cm³/mol. The van der Waals surface area contributed by atoms with E-state index in [1.54, 1.807) is 12.1 Å². The minimum Gasteiger partial charge on any atom is -0.352 e. The molecule has 1 aromatic heterocycles. The van der Waals surface area contributed by atoms with Crippen LogP contribution in [-0.4, -0.2) is 47.3 Å². The summed E-state index contributed by atoms with van der Waals surface area (Å²) in [6, 6.07) is 11.7. The van der Waals surface area contributed by atoms with Gasteiger partial charge in [0.05, 0.1) is 5.69 Å². The third kappa shape index (κ3) is 2.70. The maximum absolute atomic E-state index is 13.8. The Morgan fingerprint density at radius 3 is 2.39 bits per heavy atom. The second-order valence-corrected chi connectivity index (χ2v) is 6.57. The van der Waals surface area contributed by atoms with E-state index in [4.69, 9.17) is 0 Å². The quantitative estimate of drug-likeness (QED) is 0.853. The fourth-order valence-electron chi connectivity index (χ4n) is 3.81. The Bertz CT molecular complexity index is 674. The number of hydrogen-bond acceptors (Lipinski definition) is 4. The molecule has 0 N–H and O–H groups in total. The van der Waals surface area contributed by atoms with E-state index in [9.17, 15) is 4.39 Å². The van der Waals surface area contributed by atoms with Crippen LogP contribution in [0.4, 0.5) is 10.2 Å². The third-order valence-electron chi connectivity index (χ3n) is 5.21. The van der Waals surface area contributed by atoms with Crippen LogP contribution in [0.5, 0.6) is 0 Å². The first-order valence-corrected chi connectivity index (χ1v) is 8.28. The van der Waals surface area contributed by atoms with Gasteiger partial charge in [-0.05, 0) is 44.2 Å². The van der Waals surface area contributed by atoms with Crippen LogP contribution < -0.4 is 4.90 Å². The molecule has 4 nitrogen and oxygen atoms in total. The summed E-state index contributed by atoms with van der Waals surface area (Å²) in [5, 5.41) is 8.62. The molecule has 2 aliphatic rings. The van der Waals surface area contributed by atoms with E-state index in [1.807, 2.05) is 18.2 Å². The first-order chi connectivity index (χ1) is 11.2. The molecule has 0 amide bonds. The zero-order valence-corrected chi connectivity index (χ0v) is 13.3. The number of likely N-dealkylation sites (N-methyl/N-ethyl adjacent to an activating group) is 1. The van der Waals surface area contributed by atoms with Crippen molar-refractivity contribution in [2.24, 2.45) is 0 Å². The molecule has 0 saturated carbocycles. The monoisotopic (exact) mass is 312 g/mol. The van der Waals surface area contributed by atoms with Gasteiger partial charge in [0.25, 0.3) is 0 Å². The molecular formula is C18H21FN4. The Labute approximate surface area is 135 Å². The summed E-state index contributed by atoms with van der Waals surface area (Å²) in [4.78, 5) is 4.84. The normalized spacial score (nSPS) is 24.7. The molecule has 2 aliphatic heterocycles. The number of hydrogen-bond donors (Lipinski definition) is 0. The van der Waals surface area contributed by atoms with Gasteiger partial charge < -0.3 is 4.90 Å². The standard InChI is InChI=1S/C18H21FN4/c1-22-13-5-4-6-14(22)12-23(11-13)18-10-9-17(20-21-18)15-7-2-3-8-16(15)19/h2-3,7-10,13-14H,4-6,11-12H2,1H3. The van der Waals surface area contributed by atoms with Crippen LogP contribution in [-0.2, 0) is 0 Å². The zero-order chi connectivity index (χ0) is 15.8. The largest absolute Gasteiger partial charge is 0.352 e. The lowest BCUT2D eigenvalue weighted by Gasteiger charge is -2.48. The first-order valence-electron chi connectivity index (χ1n) is 8.28. The van der Waals surface area contributed by atoms with Crippen molar-refractivity contribution in [3.63, 3.8) is 0 Å². The molecule has 2 atom stereocenters. The second kappa shape index (κ2) is 5.89. The molecule has 23 heavy (non-hydrogen) atoms. The molecule has 4 rings (SSSR count). The van der Waals surface area contributed by atoms with E-state index in [1.165, 1.54) is 25.3 Å². The SMILES string of the molecule is CN1C2CCCC1CN(c1ccc(-c3ccccc3F)nn1)C2. The number of halogens is 1. The molecule has 2 bridgehead atoms. The number of fused-ring (bicyclic) bond motifs is 2. The van der Waals surface area contributed by atoms with Gasteiger partial charge in [-0.25, -0.2) is 4.39 Å². The zero-order valence-electron chi connectivity index (χ0n) is 13.3. The summed E-state index contributed by atoms with van der Waals surface area (Å²) in [5.74, 6) is 0.638. The van der Waals surface area contributed by atoms with Gasteiger partial charge in [-0.1, -0.05) is 18.6 Å². The van der Waals surface area contributed by atoms with Crippen LogP contribution in [0.3, 0.4) is 0 Å². The lowest BCUT2D eigenvalue weighted by molar-refractivity contribution is 0.0946. The Balaban J connectivity index is 1.56. The number of nitrogens with zero attached hydrogens (tertiary/aromatic N) is 4. The van der Waals surface area contributed by atoms with E-state index in [2.05, 4.69) is 27.0 Å². The van der Waals surface area contributed by atoms with Crippen molar-refractivity contribution in [3.05, 3.63) is 42.2 Å². The summed E-state index contributed by atoms with van der Waals surface area (Å²) >= 11 is 0. The molecule has 2 aromatic rings. The van der Waals surface area contributed by atoms with E-state index < -0.39 is 0 Å². The van der Waals surface area contributed by atoms with Gasteiger partial charge >= 0.3 is 0 Å². The Hall–Kier alpha value is -2.01. The van der Waals surface area contributed by atoms with Gasteiger partial charge in [-0.2, -0.15) is 0 Å². The molecule has 1 aromatic carbocycles. The molecular weight excluding hydrogens is 291 g/mol. The molecule has 0 radical (unpaired) electrons. The van der Waals surface area contributed by atoms with Gasteiger partial charge in [0.15, 0.2) is 5.82 Å². The highest BCUT2D eigenvalue weighted by atomic mass is 19.1. The van der Waals surface area contributed by atoms with Crippen molar-refractivity contribution in [2.45, 2.75) is 31.3 Å². The van der Waals surface area contributed by atoms with Crippen molar-refractivity contribution in [3.8, 4) is 11.3 Å². The number of piperidine rings is 1. The van der Waals surface area contributed by atoms with Crippen molar-refractivity contribution >= 4 is 5.82 Å². The molecule has 120 valence electrons. The summed E-state index contributed by atoms with van der Waals surface area (Å²) in [5.41, 5.74) is 1.09. The predicted octanol–water partition coefficient (Wildman–Crippen LogP) is 2.96. The molecule has 2 fully saturated rings. The van der Waals surface area contributed by atoms with Crippen molar-refractivity contribution in [1.82, 2.24) is 15.1 Å². The van der Waals surface area contributed by atoms with Gasteiger partial charge in [0.2, 0.25) is 0 Å². The van der Waals surface area contributed by atoms with Crippen LogP contribution in [0.1, 0.15) is 19.3 Å². The van der Waals surface area contributed by atoms with Crippen LogP contribution in [0.15, 0.2) is 36.4 Å². The number of rotatable bonds is 2. The van der Waals surface area contributed by atoms with E-state index >= 15 is 0 Å². The maximum atomic E-state index is 13.8. The van der Waals surface area contributed by atoms with E-state index in [0.29, 0.717) is 23.3 Å². The Kier molecular flexibility index (Phi) is 3.73. The molecule has 5 heteroatoms. The van der Waals surface area contributed by atoms with Crippen molar-refractivity contribution < 1.29 is 4.39 Å². The molecule has 3 heterocycles. The number of piperazine rings is 1. The average molecular weight is 312 g/mol. The lowest BCUT2D eigenvalue weighted by atomic mass is 9.92. The van der Waals surface area contributed by atoms with Gasteiger partial charge in [0, 0.05) is 30.7 Å². The van der Waals surface area contributed by atoms with E-state index in [0.717, 1.165) is 18.9 Å². The average Bonchev–Trinajstić information content (AvgIpc) is 2.55.